The van der Waals surface area contributed by atoms with Crippen LogP contribution < -0.4 is 19.5 Å². The maximum absolute atomic E-state index is 16.2. The maximum atomic E-state index is 16.2. The molecule has 69 heavy (non-hydrogen) atoms. The Balaban J connectivity index is 1.13. The first-order valence-electron chi connectivity index (χ1n) is 23.0. The van der Waals surface area contributed by atoms with Gasteiger partial charge < -0.3 is 34.3 Å². The molecule has 6 unspecified atom stereocenters. The largest absolute Gasteiger partial charge is 0.493 e. The number of esters is 1. The number of nitrogens with one attached hydrogen (secondary N) is 1. The van der Waals surface area contributed by atoms with Gasteiger partial charge in [0.05, 0.1) is 44.3 Å². The number of hydrogen-bond acceptors (Lipinski definition) is 11. The van der Waals surface area contributed by atoms with E-state index in [2.05, 4.69) is 32.4 Å². The van der Waals surface area contributed by atoms with E-state index in [1.54, 1.807) is 29.9 Å². The van der Waals surface area contributed by atoms with E-state index in [0.29, 0.717) is 52.6 Å². The second-order valence-electron chi connectivity index (χ2n) is 17.6. The predicted octanol–water partition coefficient (Wildman–Crippen LogP) is 6.73. The third-order valence-electron chi connectivity index (χ3n) is 14.0. The first-order valence-corrected chi connectivity index (χ1v) is 23.0. The molecule has 6 atom stereocenters. The van der Waals surface area contributed by atoms with Crippen molar-refractivity contribution in [3.63, 3.8) is 0 Å². The van der Waals surface area contributed by atoms with Crippen molar-refractivity contribution in [1.29, 1.82) is 0 Å². The van der Waals surface area contributed by atoms with Crippen LogP contribution in [0.3, 0.4) is 0 Å². The first kappa shape index (κ1) is 43.6. The molecule has 0 aliphatic carbocycles. The number of morpholine rings is 1. The van der Waals surface area contributed by atoms with Crippen LogP contribution >= 0.6 is 0 Å². The van der Waals surface area contributed by atoms with Gasteiger partial charge in [-0.1, -0.05) is 102 Å². The van der Waals surface area contributed by atoms with Crippen molar-refractivity contribution >= 4 is 34.5 Å². The molecule has 2 N–H and O–H groups in total. The summed E-state index contributed by atoms with van der Waals surface area (Å²) in [5.41, 5.74) is 5.59. The number of fused-ring (bicyclic) bond motifs is 5. The van der Waals surface area contributed by atoms with E-state index in [9.17, 15) is 5.11 Å². The Bertz CT molecular complexity index is 3190. The van der Waals surface area contributed by atoms with Gasteiger partial charge in [-0.25, -0.2) is 4.68 Å². The SMILES string of the molecule is COc1cc2c(cc1OC)CN(C(=O)C1C3C(=O)OC(c4ccccc4)C(c4ccccc4)N3C(c3cccc(OCCO)c3)C13C(=O)Nc1ccc(C#CCn4nnc5ccccc54)cc13)CC2. The molecular formula is C55H48N6O8. The standard InChI is InChI=1S/C55H48N6O8/c1-66-45-31-37-24-26-59(33-39(37)32-46(45)67-2)52(63)47-49-53(64)69-50(36-16-7-4-8-17-36)48(35-14-5-3-6-15-35)61(49)51(38-18-11-19-40(30-38)68-28-27-62)55(47)41-29-34(22-23-42(41)56-54(55)65)13-12-25-60-44-21-10-9-20-43(44)57-58-60/h3-11,14-23,29-32,47-51,62H,24-28,33H2,1-2H3,(H,56,65). The van der Waals surface area contributed by atoms with Gasteiger partial charge in [0.1, 0.15) is 42.0 Å². The number of cyclic esters (lactones) is 1. The highest BCUT2D eigenvalue weighted by Gasteiger charge is 2.74. The maximum Gasteiger partial charge on any atom is 0.324 e. The van der Waals surface area contributed by atoms with Crippen LogP contribution in [0.5, 0.6) is 17.2 Å². The lowest BCUT2D eigenvalue weighted by Crippen LogP contribution is -2.56. The van der Waals surface area contributed by atoms with Gasteiger partial charge in [-0.15, -0.1) is 5.10 Å². The van der Waals surface area contributed by atoms with Gasteiger partial charge in [0.25, 0.3) is 0 Å². The van der Waals surface area contributed by atoms with Crippen molar-refractivity contribution < 1.29 is 38.4 Å². The number of amides is 2. The van der Waals surface area contributed by atoms with Crippen LogP contribution in [0.2, 0.25) is 0 Å². The zero-order valence-electron chi connectivity index (χ0n) is 37.9. The molecule has 346 valence electrons. The van der Waals surface area contributed by atoms with E-state index in [4.69, 9.17) is 18.9 Å². The summed E-state index contributed by atoms with van der Waals surface area (Å²) in [5.74, 6) is 5.40. The topological polar surface area (TPSA) is 158 Å². The number of methoxy groups -OCH3 is 2. The molecule has 14 heteroatoms. The monoisotopic (exact) mass is 920 g/mol. The first-order chi connectivity index (χ1) is 33.8. The lowest BCUT2D eigenvalue weighted by Gasteiger charge is -2.46. The summed E-state index contributed by atoms with van der Waals surface area (Å²) in [5, 5.41) is 21.6. The Morgan fingerprint density at radius 3 is 2.32 bits per heavy atom. The number of ether oxygens (including phenoxy) is 4. The minimum Gasteiger partial charge on any atom is -0.493 e. The average Bonchev–Trinajstić information content (AvgIpc) is 4.05. The summed E-state index contributed by atoms with van der Waals surface area (Å²) in [6.45, 7) is 0.580. The van der Waals surface area contributed by atoms with Crippen molar-refractivity contribution in [1.82, 2.24) is 24.8 Å². The van der Waals surface area contributed by atoms with Crippen LogP contribution in [0.15, 0.2) is 140 Å². The van der Waals surface area contributed by atoms with Crippen LogP contribution in [-0.2, 0) is 44.0 Å². The molecule has 14 nitrogen and oxygen atoms in total. The third kappa shape index (κ3) is 7.33. The minimum absolute atomic E-state index is 0.0323. The van der Waals surface area contributed by atoms with Crippen molar-refractivity contribution in [3.8, 4) is 29.1 Å². The minimum atomic E-state index is -1.75. The van der Waals surface area contributed by atoms with Crippen LogP contribution in [-0.4, -0.2) is 87.7 Å². The van der Waals surface area contributed by atoms with Crippen LogP contribution in [0.25, 0.3) is 11.0 Å². The molecule has 2 amide bonds. The number of carbonyl (C=O) groups is 3. The summed E-state index contributed by atoms with van der Waals surface area (Å²) in [7, 11) is 3.16. The van der Waals surface area contributed by atoms with Crippen molar-refractivity contribution in [3.05, 3.63) is 178 Å². The fourth-order valence-corrected chi connectivity index (χ4v) is 11.1. The number of benzene rings is 6. The van der Waals surface area contributed by atoms with Crippen molar-refractivity contribution in [2.75, 3.05) is 39.3 Å². The van der Waals surface area contributed by atoms with E-state index in [-0.39, 0.29) is 32.2 Å². The third-order valence-corrected chi connectivity index (χ3v) is 14.0. The summed E-state index contributed by atoms with van der Waals surface area (Å²) < 4.78 is 25.8. The van der Waals surface area contributed by atoms with Gasteiger partial charge in [0.15, 0.2) is 11.5 Å². The summed E-state index contributed by atoms with van der Waals surface area (Å²) in [4.78, 5) is 51.4. The average molecular weight is 921 g/mol. The number of anilines is 1. The summed E-state index contributed by atoms with van der Waals surface area (Å²) >= 11 is 0. The van der Waals surface area contributed by atoms with E-state index in [1.165, 1.54) is 0 Å². The molecular weight excluding hydrogens is 873 g/mol. The molecule has 0 saturated carbocycles. The molecule has 0 radical (unpaired) electrons. The van der Waals surface area contributed by atoms with E-state index >= 15 is 14.4 Å². The molecule has 2 fully saturated rings. The summed E-state index contributed by atoms with van der Waals surface area (Å²) in [6, 6.07) is 40.9. The molecule has 7 aromatic rings. The second kappa shape index (κ2) is 17.9. The highest BCUT2D eigenvalue weighted by molar-refractivity contribution is 6.12. The molecule has 0 bridgehead atoms. The number of carbonyl (C=O) groups excluding carboxylic acids is 3. The molecule has 1 aromatic heterocycles. The molecule has 4 aliphatic rings. The van der Waals surface area contributed by atoms with Crippen LogP contribution in [0.4, 0.5) is 5.69 Å². The van der Waals surface area contributed by atoms with Crippen LogP contribution in [0.1, 0.15) is 57.1 Å². The molecule has 4 aliphatic heterocycles. The molecule has 1 spiro atoms. The van der Waals surface area contributed by atoms with Crippen LogP contribution in [0, 0.1) is 17.8 Å². The van der Waals surface area contributed by atoms with E-state index < -0.39 is 47.4 Å². The molecule has 11 rings (SSSR count). The van der Waals surface area contributed by atoms with Gasteiger partial charge >= 0.3 is 5.97 Å². The molecule has 6 aromatic carbocycles. The Morgan fingerprint density at radius 2 is 1.55 bits per heavy atom. The molecule has 5 heterocycles. The smallest absolute Gasteiger partial charge is 0.324 e. The Labute approximate surface area is 398 Å². The number of aliphatic hydroxyl groups excluding tert-OH is 1. The zero-order chi connectivity index (χ0) is 47.2. The number of aromatic nitrogens is 3. The Hall–Kier alpha value is -7.99. The zero-order valence-corrected chi connectivity index (χ0v) is 37.9. The number of para-hydroxylation sites is 1. The Morgan fingerprint density at radius 1 is 0.826 bits per heavy atom. The summed E-state index contributed by atoms with van der Waals surface area (Å²) in [6.07, 6.45) is -0.335. The quantitative estimate of drug-likeness (QED) is 0.111. The molecule has 2 saturated heterocycles. The Kier molecular flexibility index (Phi) is 11.3. The van der Waals surface area contributed by atoms with E-state index in [1.807, 2.05) is 133 Å². The highest BCUT2D eigenvalue weighted by atomic mass is 16.6. The highest BCUT2D eigenvalue weighted by Crippen LogP contribution is 2.65. The lowest BCUT2D eigenvalue weighted by atomic mass is 9.64. The number of rotatable bonds is 10. The van der Waals surface area contributed by atoms with Crippen molar-refractivity contribution in [2.24, 2.45) is 5.92 Å². The van der Waals surface area contributed by atoms with Crippen molar-refractivity contribution in [2.45, 2.75) is 49.2 Å². The fourth-order valence-electron chi connectivity index (χ4n) is 11.1. The van der Waals surface area contributed by atoms with Gasteiger partial charge in [-0.3, -0.25) is 19.3 Å². The lowest BCUT2D eigenvalue weighted by molar-refractivity contribution is -0.179. The van der Waals surface area contributed by atoms with Gasteiger partial charge in [-0.05, 0) is 94.4 Å². The fraction of sp³-hybridized carbons (Fsp3) is 0.255. The van der Waals surface area contributed by atoms with Gasteiger partial charge in [-0.2, -0.15) is 0 Å². The predicted molar refractivity (Wildman–Crippen MR) is 255 cm³/mol. The van der Waals surface area contributed by atoms with Gasteiger partial charge in [0.2, 0.25) is 11.8 Å². The van der Waals surface area contributed by atoms with E-state index in [0.717, 1.165) is 33.3 Å². The number of nitrogens with zero attached hydrogens (tertiary/aromatic N) is 5. The number of aliphatic hydroxyl groups is 1. The van der Waals surface area contributed by atoms with Gasteiger partial charge in [0, 0.05) is 24.3 Å². The normalized spacial score (nSPS) is 22.5. The second-order valence-corrected chi connectivity index (χ2v) is 17.6. The number of hydrogen-bond donors (Lipinski definition) is 2.